The minimum atomic E-state index is -0.965. The Kier molecular flexibility index (Phi) is 2.77. The molecule has 1 unspecified atom stereocenters. The molecule has 0 saturated carbocycles. The zero-order valence-electron chi connectivity index (χ0n) is 7.69. The van der Waals surface area contributed by atoms with E-state index >= 15 is 0 Å². The fourth-order valence-electron chi connectivity index (χ4n) is 1.63. The van der Waals surface area contributed by atoms with Crippen LogP contribution in [0.2, 0.25) is 0 Å². The Morgan fingerprint density at radius 3 is 3.21 bits per heavy atom. The molecule has 5 heteroatoms. The highest BCUT2D eigenvalue weighted by Crippen LogP contribution is 2.26. The predicted octanol–water partition coefficient (Wildman–Crippen LogP) is 1.40. The topological polar surface area (TPSA) is 66.0 Å². The van der Waals surface area contributed by atoms with Gasteiger partial charge < -0.3 is 5.11 Å². The Labute approximate surface area is 86.1 Å². The van der Waals surface area contributed by atoms with Crippen molar-refractivity contribution in [1.82, 2.24) is 10.2 Å². The maximum atomic E-state index is 10.6. The zero-order chi connectivity index (χ0) is 9.97. The number of aromatic amines is 1. The smallest absolute Gasteiger partial charge is 0.356 e. The van der Waals surface area contributed by atoms with E-state index in [9.17, 15) is 4.79 Å². The van der Waals surface area contributed by atoms with Crippen LogP contribution in [0.4, 0.5) is 0 Å². The fraction of sp³-hybridized carbons (Fsp3) is 0.556. The number of carboxylic acid groups (broad SMARTS) is 1. The Morgan fingerprint density at radius 1 is 1.79 bits per heavy atom. The van der Waals surface area contributed by atoms with Crippen molar-refractivity contribution in [3.63, 3.8) is 0 Å². The quantitative estimate of drug-likeness (QED) is 0.795. The van der Waals surface area contributed by atoms with Gasteiger partial charge in [0, 0.05) is 5.69 Å². The lowest BCUT2D eigenvalue weighted by Gasteiger charge is -2.03. The number of rotatable bonds is 3. The zero-order valence-corrected chi connectivity index (χ0v) is 8.51. The molecule has 0 amide bonds. The van der Waals surface area contributed by atoms with Gasteiger partial charge in [0.2, 0.25) is 0 Å². The molecule has 1 aliphatic rings. The van der Waals surface area contributed by atoms with E-state index in [1.54, 1.807) is 6.07 Å². The molecule has 1 atom stereocenters. The lowest BCUT2D eigenvalue weighted by atomic mass is 10.0. The molecule has 76 valence electrons. The number of carbonyl (C=O) groups is 1. The Hall–Kier alpha value is -0.970. The highest BCUT2D eigenvalue weighted by Gasteiger charge is 2.17. The van der Waals surface area contributed by atoms with Crippen LogP contribution in [0.1, 0.15) is 22.6 Å². The highest BCUT2D eigenvalue weighted by molar-refractivity contribution is 7.99. The third kappa shape index (κ3) is 2.09. The van der Waals surface area contributed by atoms with E-state index in [-0.39, 0.29) is 5.69 Å². The SMILES string of the molecule is O=C(O)c1cc(CC2CCSC2)[nH]n1. The Balaban J connectivity index is 1.98. The van der Waals surface area contributed by atoms with Gasteiger partial charge in [-0.15, -0.1) is 0 Å². The van der Waals surface area contributed by atoms with Crippen molar-refractivity contribution < 1.29 is 9.90 Å². The predicted molar refractivity (Wildman–Crippen MR) is 54.7 cm³/mol. The number of aromatic carboxylic acids is 1. The molecular formula is C9H12N2O2S. The maximum Gasteiger partial charge on any atom is 0.356 e. The van der Waals surface area contributed by atoms with Gasteiger partial charge in [0.1, 0.15) is 0 Å². The third-order valence-electron chi connectivity index (χ3n) is 2.38. The molecule has 1 aromatic heterocycles. The summed E-state index contributed by atoms with van der Waals surface area (Å²) in [5.41, 5.74) is 1.06. The molecule has 0 aromatic carbocycles. The molecule has 0 spiro atoms. The van der Waals surface area contributed by atoms with Gasteiger partial charge in [0.25, 0.3) is 0 Å². The van der Waals surface area contributed by atoms with E-state index in [1.165, 1.54) is 17.9 Å². The number of nitrogens with zero attached hydrogens (tertiary/aromatic N) is 1. The molecule has 1 saturated heterocycles. The molecule has 2 heterocycles. The molecule has 1 fully saturated rings. The summed E-state index contributed by atoms with van der Waals surface area (Å²) in [5.74, 6) is 2.13. The molecule has 1 aliphatic heterocycles. The van der Waals surface area contributed by atoms with E-state index in [4.69, 9.17) is 5.11 Å². The molecule has 0 bridgehead atoms. The first-order valence-electron chi connectivity index (χ1n) is 4.61. The van der Waals surface area contributed by atoms with Crippen LogP contribution in [-0.2, 0) is 6.42 Å². The van der Waals surface area contributed by atoms with Gasteiger partial charge in [-0.05, 0) is 36.3 Å². The summed E-state index contributed by atoms with van der Waals surface area (Å²) in [4.78, 5) is 10.6. The molecule has 2 rings (SSSR count). The van der Waals surface area contributed by atoms with Crippen molar-refractivity contribution in [3.05, 3.63) is 17.5 Å². The van der Waals surface area contributed by atoms with Crippen LogP contribution in [-0.4, -0.2) is 32.8 Å². The van der Waals surface area contributed by atoms with E-state index in [1.807, 2.05) is 11.8 Å². The minimum Gasteiger partial charge on any atom is -0.476 e. The van der Waals surface area contributed by atoms with Crippen molar-refractivity contribution in [2.45, 2.75) is 12.8 Å². The van der Waals surface area contributed by atoms with Crippen molar-refractivity contribution in [1.29, 1.82) is 0 Å². The highest BCUT2D eigenvalue weighted by atomic mass is 32.2. The Bertz CT molecular complexity index is 331. The summed E-state index contributed by atoms with van der Waals surface area (Å²) >= 11 is 1.96. The molecular weight excluding hydrogens is 200 g/mol. The van der Waals surface area contributed by atoms with Crippen LogP contribution in [0.25, 0.3) is 0 Å². The average molecular weight is 212 g/mol. The number of thioether (sulfide) groups is 1. The van der Waals surface area contributed by atoms with Crippen LogP contribution < -0.4 is 0 Å². The van der Waals surface area contributed by atoms with Gasteiger partial charge in [-0.25, -0.2) is 4.79 Å². The second-order valence-electron chi connectivity index (χ2n) is 3.52. The molecule has 1 aromatic rings. The van der Waals surface area contributed by atoms with E-state index < -0.39 is 5.97 Å². The molecule has 4 nitrogen and oxygen atoms in total. The molecule has 0 aliphatic carbocycles. The summed E-state index contributed by atoms with van der Waals surface area (Å²) in [5, 5.41) is 15.2. The lowest BCUT2D eigenvalue weighted by molar-refractivity contribution is 0.0690. The summed E-state index contributed by atoms with van der Waals surface area (Å²) < 4.78 is 0. The second-order valence-corrected chi connectivity index (χ2v) is 4.67. The number of carboxylic acids is 1. The standard InChI is InChI=1S/C9H12N2O2S/c12-9(13)8-4-7(10-11-8)3-6-1-2-14-5-6/h4,6H,1-3,5H2,(H,10,11)(H,12,13). The van der Waals surface area contributed by atoms with E-state index in [2.05, 4.69) is 10.2 Å². The van der Waals surface area contributed by atoms with Gasteiger partial charge >= 0.3 is 5.97 Å². The van der Waals surface area contributed by atoms with Gasteiger partial charge in [0.05, 0.1) is 0 Å². The summed E-state index contributed by atoms with van der Waals surface area (Å²) in [6.45, 7) is 0. The number of H-pyrrole nitrogens is 1. The maximum absolute atomic E-state index is 10.6. The van der Waals surface area contributed by atoms with Gasteiger partial charge in [-0.3, -0.25) is 5.10 Å². The number of nitrogens with one attached hydrogen (secondary N) is 1. The third-order valence-corrected chi connectivity index (χ3v) is 3.61. The second kappa shape index (κ2) is 4.04. The van der Waals surface area contributed by atoms with Crippen LogP contribution in [0.3, 0.4) is 0 Å². The summed E-state index contributed by atoms with van der Waals surface area (Å²) in [6.07, 6.45) is 2.15. The lowest BCUT2D eigenvalue weighted by Crippen LogP contribution is -2.02. The summed E-state index contributed by atoms with van der Waals surface area (Å²) in [6, 6.07) is 1.63. The normalized spacial score (nSPS) is 21.3. The molecule has 2 N–H and O–H groups in total. The fourth-order valence-corrected chi connectivity index (χ4v) is 2.92. The average Bonchev–Trinajstić information content (AvgIpc) is 2.75. The van der Waals surface area contributed by atoms with Crippen LogP contribution in [0, 0.1) is 5.92 Å². The number of hydrogen-bond acceptors (Lipinski definition) is 3. The van der Waals surface area contributed by atoms with Crippen LogP contribution in [0.5, 0.6) is 0 Å². The van der Waals surface area contributed by atoms with Gasteiger partial charge in [-0.2, -0.15) is 16.9 Å². The Morgan fingerprint density at radius 2 is 2.64 bits per heavy atom. The number of aromatic nitrogens is 2. The minimum absolute atomic E-state index is 0.116. The van der Waals surface area contributed by atoms with Crippen molar-refractivity contribution >= 4 is 17.7 Å². The molecule has 14 heavy (non-hydrogen) atoms. The monoisotopic (exact) mass is 212 g/mol. The first-order chi connectivity index (χ1) is 6.75. The van der Waals surface area contributed by atoms with Crippen molar-refractivity contribution in [2.75, 3.05) is 11.5 Å². The van der Waals surface area contributed by atoms with Crippen LogP contribution >= 0.6 is 11.8 Å². The van der Waals surface area contributed by atoms with E-state index in [0.717, 1.165) is 12.1 Å². The largest absolute Gasteiger partial charge is 0.476 e. The van der Waals surface area contributed by atoms with Gasteiger partial charge in [0.15, 0.2) is 5.69 Å². The van der Waals surface area contributed by atoms with E-state index in [0.29, 0.717) is 5.92 Å². The van der Waals surface area contributed by atoms with Crippen molar-refractivity contribution in [3.8, 4) is 0 Å². The summed E-state index contributed by atoms with van der Waals surface area (Å²) in [7, 11) is 0. The van der Waals surface area contributed by atoms with Gasteiger partial charge in [-0.1, -0.05) is 0 Å². The molecule has 0 radical (unpaired) electrons. The first-order valence-corrected chi connectivity index (χ1v) is 5.76. The van der Waals surface area contributed by atoms with Crippen LogP contribution in [0.15, 0.2) is 6.07 Å². The van der Waals surface area contributed by atoms with Crippen molar-refractivity contribution in [2.24, 2.45) is 5.92 Å². The number of hydrogen-bond donors (Lipinski definition) is 2. The first kappa shape index (κ1) is 9.58.